The molecule has 108 valence electrons. The highest BCUT2D eigenvalue weighted by atomic mass is 16.4. The second kappa shape index (κ2) is 5.13. The average molecular weight is 278 g/mol. The van der Waals surface area contributed by atoms with Gasteiger partial charge in [0.2, 0.25) is 6.35 Å². The Labute approximate surface area is 117 Å². The number of hydrogen-bond acceptors (Lipinski definition) is 4. The van der Waals surface area contributed by atoms with Crippen LogP contribution in [0.1, 0.15) is 39.6 Å². The summed E-state index contributed by atoms with van der Waals surface area (Å²) in [4.78, 5) is 26.6. The zero-order valence-corrected chi connectivity index (χ0v) is 11.8. The second-order valence-corrected chi connectivity index (χ2v) is 4.89. The van der Waals surface area contributed by atoms with E-state index in [1.807, 2.05) is 6.92 Å². The Kier molecular flexibility index (Phi) is 3.67. The predicted octanol–water partition coefficient (Wildman–Crippen LogP) is 1.27. The van der Waals surface area contributed by atoms with E-state index >= 15 is 0 Å². The van der Waals surface area contributed by atoms with Crippen LogP contribution in [0.2, 0.25) is 0 Å². The van der Waals surface area contributed by atoms with E-state index in [0.29, 0.717) is 29.8 Å². The van der Waals surface area contributed by atoms with Gasteiger partial charge in [0.25, 0.3) is 5.91 Å². The molecule has 0 radical (unpaired) electrons. The summed E-state index contributed by atoms with van der Waals surface area (Å²) in [5.41, 5.74) is 1.45. The molecule has 1 aromatic carbocycles. The summed E-state index contributed by atoms with van der Waals surface area (Å²) in [7, 11) is 1.68. The highest BCUT2D eigenvalue weighted by Gasteiger charge is 2.36. The second-order valence-electron chi connectivity index (χ2n) is 4.89. The van der Waals surface area contributed by atoms with Crippen molar-refractivity contribution >= 4 is 17.6 Å². The maximum absolute atomic E-state index is 12.5. The Morgan fingerprint density at radius 3 is 2.60 bits per heavy atom. The first-order valence-electron chi connectivity index (χ1n) is 6.48. The molecule has 1 amide bonds. The van der Waals surface area contributed by atoms with Gasteiger partial charge in [-0.3, -0.25) is 9.69 Å². The molecule has 0 saturated carbocycles. The van der Waals surface area contributed by atoms with Crippen LogP contribution in [-0.4, -0.2) is 46.9 Å². The number of rotatable bonds is 3. The number of amides is 1. The van der Waals surface area contributed by atoms with Crippen molar-refractivity contribution in [2.75, 3.05) is 18.5 Å². The first kappa shape index (κ1) is 14.3. The number of carboxylic acids is 1. The molecular formula is C14H18N2O4. The quantitative estimate of drug-likeness (QED) is 0.870. The third kappa shape index (κ3) is 2.02. The van der Waals surface area contributed by atoms with E-state index in [2.05, 4.69) is 0 Å². The zero-order valence-electron chi connectivity index (χ0n) is 11.8. The predicted molar refractivity (Wildman–Crippen MR) is 73.9 cm³/mol. The number of fused-ring (bicyclic) bond motifs is 1. The molecule has 2 rings (SSSR count). The third-order valence-corrected chi connectivity index (χ3v) is 3.62. The number of carbonyl (C=O) groups excluding carboxylic acids is 1. The fraction of sp³-hybridized carbons (Fsp3) is 0.429. The number of anilines is 1. The van der Waals surface area contributed by atoms with Gasteiger partial charge in [0.1, 0.15) is 0 Å². The first-order valence-corrected chi connectivity index (χ1v) is 6.48. The van der Waals surface area contributed by atoms with Gasteiger partial charge in [0, 0.05) is 13.6 Å². The lowest BCUT2D eigenvalue weighted by molar-refractivity contribution is 0.00432. The smallest absolute Gasteiger partial charge is 0.335 e. The molecule has 0 saturated heterocycles. The van der Waals surface area contributed by atoms with Gasteiger partial charge in [-0.2, -0.15) is 0 Å². The molecule has 0 aliphatic carbocycles. The van der Waals surface area contributed by atoms with Gasteiger partial charge >= 0.3 is 5.97 Å². The Morgan fingerprint density at radius 1 is 1.40 bits per heavy atom. The minimum Gasteiger partial charge on any atom is -0.478 e. The SMILES string of the molecule is CCCN1C(=O)c2c(ccc(C(=O)O)c2C)N(C)C1O. The van der Waals surface area contributed by atoms with Crippen molar-refractivity contribution in [1.82, 2.24) is 4.90 Å². The highest BCUT2D eigenvalue weighted by Crippen LogP contribution is 2.33. The summed E-state index contributed by atoms with van der Waals surface area (Å²) in [5, 5.41) is 19.3. The molecule has 0 spiro atoms. The summed E-state index contributed by atoms with van der Waals surface area (Å²) < 4.78 is 0. The molecule has 20 heavy (non-hydrogen) atoms. The number of aliphatic hydroxyl groups is 1. The number of hydrogen-bond donors (Lipinski definition) is 2. The van der Waals surface area contributed by atoms with E-state index in [4.69, 9.17) is 5.11 Å². The molecule has 1 aromatic rings. The fourth-order valence-electron chi connectivity index (χ4n) is 2.53. The number of benzene rings is 1. The molecule has 1 heterocycles. The maximum Gasteiger partial charge on any atom is 0.335 e. The number of aromatic carboxylic acids is 1. The summed E-state index contributed by atoms with van der Waals surface area (Å²) in [5.74, 6) is -1.39. The Hall–Kier alpha value is -2.08. The lowest BCUT2D eigenvalue weighted by Gasteiger charge is -2.41. The van der Waals surface area contributed by atoms with Gasteiger partial charge in [-0.25, -0.2) is 4.79 Å². The molecule has 1 aliphatic rings. The van der Waals surface area contributed by atoms with Crippen LogP contribution < -0.4 is 4.90 Å². The van der Waals surface area contributed by atoms with E-state index in [9.17, 15) is 14.7 Å². The molecule has 2 N–H and O–H groups in total. The van der Waals surface area contributed by atoms with Gasteiger partial charge in [-0.15, -0.1) is 0 Å². The fourth-order valence-corrected chi connectivity index (χ4v) is 2.53. The molecule has 6 nitrogen and oxygen atoms in total. The first-order chi connectivity index (χ1) is 9.40. The van der Waals surface area contributed by atoms with Gasteiger partial charge in [0.05, 0.1) is 16.8 Å². The van der Waals surface area contributed by atoms with Gasteiger partial charge in [-0.05, 0) is 31.0 Å². The van der Waals surface area contributed by atoms with Gasteiger partial charge in [0.15, 0.2) is 0 Å². The molecule has 1 atom stereocenters. The zero-order chi connectivity index (χ0) is 15.0. The van der Waals surface area contributed by atoms with Crippen molar-refractivity contribution in [2.45, 2.75) is 26.6 Å². The number of aliphatic hydroxyl groups excluding tert-OH is 1. The van der Waals surface area contributed by atoms with Crippen LogP contribution in [0.4, 0.5) is 5.69 Å². The molecule has 0 bridgehead atoms. The monoisotopic (exact) mass is 278 g/mol. The van der Waals surface area contributed by atoms with Gasteiger partial charge < -0.3 is 15.1 Å². The highest BCUT2D eigenvalue weighted by molar-refractivity contribution is 6.06. The summed E-state index contributed by atoms with van der Waals surface area (Å²) >= 11 is 0. The lowest BCUT2D eigenvalue weighted by atomic mass is 9.97. The van der Waals surface area contributed by atoms with Crippen molar-refractivity contribution in [3.63, 3.8) is 0 Å². The molecular weight excluding hydrogens is 260 g/mol. The van der Waals surface area contributed by atoms with Crippen LogP contribution in [-0.2, 0) is 0 Å². The van der Waals surface area contributed by atoms with Crippen LogP contribution in [0, 0.1) is 6.92 Å². The summed E-state index contributed by atoms with van der Waals surface area (Å²) in [6.07, 6.45) is -0.311. The molecule has 1 unspecified atom stereocenters. The van der Waals surface area contributed by atoms with Crippen molar-refractivity contribution in [3.05, 3.63) is 28.8 Å². The Morgan fingerprint density at radius 2 is 2.05 bits per heavy atom. The van der Waals surface area contributed by atoms with Crippen molar-refractivity contribution in [3.8, 4) is 0 Å². The van der Waals surface area contributed by atoms with Crippen LogP contribution >= 0.6 is 0 Å². The number of carboxylic acid groups (broad SMARTS) is 1. The number of nitrogens with zero attached hydrogens (tertiary/aromatic N) is 2. The number of carbonyl (C=O) groups is 2. The Balaban J connectivity index is 2.61. The largest absolute Gasteiger partial charge is 0.478 e. The lowest BCUT2D eigenvalue weighted by Crippen LogP contribution is -2.54. The van der Waals surface area contributed by atoms with E-state index in [-0.39, 0.29) is 11.5 Å². The molecule has 0 aromatic heterocycles. The molecule has 1 aliphatic heterocycles. The van der Waals surface area contributed by atoms with E-state index in [0.717, 1.165) is 0 Å². The van der Waals surface area contributed by atoms with Crippen molar-refractivity contribution in [2.24, 2.45) is 0 Å². The maximum atomic E-state index is 12.5. The molecule has 0 fully saturated rings. The van der Waals surface area contributed by atoms with Crippen molar-refractivity contribution < 1.29 is 19.8 Å². The van der Waals surface area contributed by atoms with Crippen molar-refractivity contribution in [1.29, 1.82) is 0 Å². The Bertz CT molecular complexity index is 571. The third-order valence-electron chi connectivity index (χ3n) is 3.62. The van der Waals surface area contributed by atoms with Crippen LogP contribution in [0.25, 0.3) is 0 Å². The summed E-state index contributed by atoms with van der Waals surface area (Å²) in [6, 6.07) is 3.03. The minimum atomic E-state index is -1.06. The van der Waals surface area contributed by atoms with Crippen LogP contribution in [0.3, 0.4) is 0 Å². The van der Waals surface area contributed by atoms with E-state index < -0.39 is 12.3 Å². The average Bonchev–Trinajstić information content (AvgIpc) is 2.40. The van der Waals surface area contributed by atoms with Crippen LogP contribution in [0.5, 0.6) is 0 Å². The normalized spacial score (nSPS) is 18.2. The van der Waals surface area contributed by atoms with E-state index in [1.54, 1.807) is 24.9 Å². The topological polar surface area (TPSA) is 81.1 Å². The summed E-state index contributed by atoms with van der Waals surface area (Å²) in [6.45, 7) is 3.95. The van der Waals surface area contributed by atoms with E-state index in [1.165, 1.54) is 11.0 Å². The van der Waals surface area contributed by atoms with Crippen LogP contribution in [0.15, 0.2) is 12.1 Å². The standard InChI is InChI=1S/C14H18N2O4/c1-4-7-16-12(17)11-8(2)9(13(18)19)5-6-10(11)15(3)14(16)20/h5-6,14,20H,4,7H2,1-3H3,(H,18,19). The molecule has 6 heteroatoms. The minimum absolute atomic E-state index is 0.110. The van der Waals surface area contributed by atoms with Gasteiger partial charge in [-0.1, -0.05) is 6.92 Å².